The van der Waals surface area contributed by atoms with Crippen molar-refractivity contribution in [2.75, 3.05) is 0 Å². The average Bonchev–Trinajstić information content (AvgIpc) is 2.98. The second-order valence-electron chi connectivity index (χ2n) is 12.5. The molecule has 0 fully saturated rings. The molecule has 1 heteroatoms. The first-order valence-electron chi connectivity index (χ1n) is 15.6. The number of hydrogen-bond donors (Lipinski definition) is 0. The number of rotatable bonds is 3. The van der Waals surface area contributed by atoms with Crippen molar-refractivity contribution in [2.45, 2.75) is 83.1 Å². The highest BCUT2D eigenvalue weighted by Gasteiger charge is 2.10. The second kappa shape index (κ2) is 15.0. The Balaban J connectivity index is 0.000000188. The van der Waals surface area contributed by atoms with Crippen LogP contribution in [-0.4, -0.2) is 5.78 Å². The van der Waals surface area contributed by atoms with Crippen LogP contribution < -0.4 is 0 Å². The molecule has 5 rings (SSSR count). The van der Waals surface area contributed by atoms with E-state index in [9.17, 15) is 4.79 Å². The van der Waals surface area contributed by atoms with Gasteiger partial charge < -0.3 is 0 Å². The van der Waals surface area contributed by atoms with Crippen LogP contribution in [0.1, 0.15) is 82.7 Å². The van der Waals surface area contributed by atoms with E-state index in [1.54, 1.807) is 0 Å². The molecule has 0 radical (unpaired) electrons. The van der Waals surface area contributed by atoms with Crippen molar-refractivity contribution in [3.05, 3.63) is 163 Å². The Labute approximate surface area is 267 Å². The Morgan fingerprint density at radius 1 is 0.295 bits per heavy atom. The first-order valence-corrected chi connectivity index (χ1v) is 15.6. The lowest BCUT2D eigenvalue weighted by Gasteiger charge is -2.08. The van der Waals surface area contributed by atoms with Gasteiger partial charge in [0, 0.05) is 11.1 Å². The number of ketones is 1. The fraction of sp³-hybridized carbons (Fsp3) is 0.279. The Morgan fingerprint density at radius 2 is 0.545 bits per heavy atom. The lowest BCUT2D eigenvalue weighted by atomic mass is 9.97. The van der Waals surface area contributed by atoms with Gasteiger partial charge in [-0.1, -0.05) is 72.8 Å². The molecule has 0 bridgehead atoms. The molecular formula is C43H50O. The maximum atomic E-state index is 12.4. The van der Waals surface area contributed by atoms with Gasteiger partial charge in [0.1, 0.15) is 0 Å². The molecule has 5 aromatic carbocycles. The van der Waals surface area contributed by atoms with Crippen molar-refractivity contribution in [3.63, 3.8) is 0 Å². The standard InChI is InChI=1S/C17H18O.C16H18.C10H14/c1-11-5-7-15(9-13(11)3)17(18)16-8-6-12(2)14(4)10-16;1-11-5-7-15(9-13(11)3)16-8-6-12(2)14(4)10-16;1-7-5-9(3)10(4)6-8(7)2/h5-10H,1-4H3;5-10H,1-4H3;5-6H,1-4H3. The number of carbonyl (C=O) groups is 1. The zero-order chi connectivity index (χ0) is 32.7. The first kappa shape index (κ1) is 34.3. The zero-order valence-electron chi connectivity index (χ0n) is 29.0. The Bertz CT molecular complexity index is 1630. The summed E-state index contributed by atoms with van der Waals surface area (Å²) in [6.45, 7) is 25.4. The highest BCUT2D eigenvalue weighted by molar-refractivity contribution is 6.09. The predicted molar refractivity (Wildman–Crippen MR) is 191 cm³/mol. The number of aryl methyl sites for hydroxylation is 12. The maximum Gasteiger partial charge on any atom is 0.193 e. The number of carbonyl (C=O) groups excluding carboxylic acids is 1. The molecule has 0 amide bonds. The molecule has 5 aromatic rings. The van der Waals surface area contributed by atoms with Crippen LogP contribution in [-0.2, 0) is 0 Å². The quantitative estimate of drug-likeness (QED) is 0.193. The van der Waals surface area contributed by atoms with E-state index in [2.05, 4.69) is 118 Å². The lowest BCUT2D eigenvalue weighted by molar-refractivity contribution is 0.103. The average molecular weight is 583 g/mol. The fourth-order valence-corrected chi connectivity index (χ4v) is 4.88. The van der Waals surface area contributed by atoms with E-state index in [1.165, 1.54) is 66.8 Å². The van der Waals surface area contributed by atoms with E-state index < -0.39 is 0 Å². The van der Waals surface area contributed by atoms with E-state index in [1.807, 2.05) is 50.2 Å². The van der Waals surface area contributed by atoms with E-state index in [0.717, 1.165) is 22.3 Å². The van der Waals surface area contributed by atoms with Crippen molar-refractivity contribution in [3.8, 4) is 11.1 Å². The van der Waals surface area contributed by atoms with Crippen LogP contribution in [0.4, 0.5) is 0 Å². The van der Waals surface area contributed by atoms with Gasteiger partial charge in [-0.3, -0.25) is 4.79 Å². The molecule has 0 aliphatic heterocycles. The van der Waals surface area contributed by atoms with Gasteiger partial charge in [0.2, 0.25) is 0 Å². The lowest BCUT2D eigenvalue weighted by Crippen LogP contribution is -2.03. The summed E-state index contributed by atoms with van der Waals surface area (Å²) in [5.41, 5.74) is 19.9. The molecule has 0 unspecified atom stereocenters. The van der Waals surface area contributed by atoms with Crippen LogP contribution in [0.15, 0.2) is 84.9 Å². The van der Waals surface area contributed by atoms with Crippen molar-refractivity contribution in [1.29, 1.82) is 0 Å². The third kappa shape index (κ3) is 8.89. The minimum Gasteiger partial charge on any atom is -0.289 e. The zero-order valence-corrected chi connectivity index (χ0v) is 29.0. The number of hydrogen-bond acceptors (Lipinski definition) is 1. The van der Waals surface area contributed by atoms with E-state index in [4.69, 9.17) is 0 Å². The molecule has 228 valence electrons. The summed E-state index contributed by atoms with van der Waals surface area (Å²) in [6.07, 6.45) is 0. The third-order valence-corrected chi connectivity index (χ3v) is 9.00. The summed E-state index contributed by atoms with van der Waals surface area (Å²) in [5.74, 6) is 0.0983. The van der Waals surface area contributed by atoms with Gasteiger partial charge in [0.25, 0.3) is 0 Å². The Morgan fingerprint density at radius 3 is 0.818 bits per heavy atom. The molecule has 0 spiro atoms. The van der Waals surface area contributed by atoms with Crippen molar-refractivity contribution in [2.24, 2.45) is 0 Å². The highest BCUT2D eigenvalue weighted by atomic mass is 16.1. The molecule has 0 atom stereocenters. The SMILES string of the molecule is Cc1cc(C)c(C)cc1C.Cc1ccc(-c2ccc(C)c(C)c2)cc1C.Cc1ccc(C(=O)c2ccc(C)c(C)c2)cc1C. The molecule has 1 nitrogen and oxygen atoms in total. The smallest absolute Gasteiger partial charge is 0.193 e. The summed E-state index contributed by atoms with van der Waals surface area (Å²) in [6, 6.07) is 29.5. The van der Waals surface area contributed by atoms with Gasteiger partial charge >= 0.3 is 0 Å². The van der Waals surface area contributed by atoms with Gasteiger partial charge in [-0.15, -0.1) is 0 Å². The van der Waals surface area contributed by atoms with E-state index in [0.29, 0.717) is 0 Å². The van der Waals surface area contributed by atoms with Crippen LogP contribution in [0.3, 0.4) is 0 Å². The van der Waals surface area contributed by atoms with Crippen molar-refractivity contribution < 1.29 is 4.79 Å². The van der Waals surface area contributed by atoms with Gasteiger partial charge in [0.15, 0.2) is 5.78 Å². The summed E-state index contributed by atoms with van der Waals surface area (Å²) >= 11 is 0. The monoisotopic (exact) mass is 582 g/mol. The molecule has 0 aliphatic carbocycles. The molecule has 0 aromatic heterocycles. The van der Waals surface area contributed by atoms with E-state index >= 15 is 0 Å². The molecular weight excluding hydrogens is 532 g/mol. The largest absolute Gasteiger partial charge is 0.289 e. The summed E-state index contributed by atoms with van der Waals surface area (Å²) < 4.78 is 0. The first-order chi connectivity index (χ1) is 20.7. The molecule has 0 N–H and O–H groups in total. The third-order valence-electron chi connectivity index (χ3n) is 9.00. The van der Waals surface area contributed by atoms with Crippen LogP contribution >= 0.6 is 0 Å². The fourth-order valence-electron chi connectivity index (χ4n) is 4.88. The summed E-state index contributed by atoms with van der Waals surface area (Å²) in [4.78, 5) is 12.4. The number of benzene rings is 5. The summed E-state index contributed by atoms with van der Waals surface area (Å²) in [5, 5.41) is 0. The van der Waals surface area contributed by atoms with Crippen LogP contribution in [0.25, 0.3) is 11.1 Å². The Kier molecular flexibility index (Phi) is 11.7. The molecule has 0 heterocycles. The molecule has 0 saturated heterocycles. The maximum absolute atomic E-state index is 12.4. The van der Waals surface area contributed by atoms with E-state index in [-0.39, 0.29) is 5.78 Å². The van der Waals surface area contributed by atoms with Gasteiger partial charge in [0.05, 0.1) is 0 Å². The summed E-state index contributed by atoms with van der Waals surface area (Å²) in [7, 11) is 0. The molecule has 0 aliphatic rings. The molecule has 0 saturated carbocycles. The normalized spacial score (nSPS) is 10.4. The highest BCUT2D eigenvalue weighted by Crippen LogP contribution is 2.24. The Hall–Kier alpha value is -4.23. The van der Waals surface area contributed by atoms with Crippen molar-refractivity contribution >= 4 is 5.78 Å². The topological polar surface area (TPSA) is 17.1 Å². The minimum absolute atomic E-state index is 0.0983. The van der Waals surface area contributed by atoms with Crippen LogP contribution in [0.5, 0.6) is 0 Å². The van der Waals surface area contributed by atoms with Crippen LogP contribution in [0, 0.1) is 83.1 Å². The van der Waals surface area contributed by atoms with Gasteiger partial charge in [-0.25, -0.2) is 0 Å². The second-order valence-corrected chi connectivity index (χ2v) is 12.5. The van der Waals surface area contributed by atoms with Crippen molar-refractivity contribution in [1.82, 2.24) is 0 Å². The predicted octanol–water partition coefficient (Wildman–Crippen LogP) is 11.7. The van der Waals surface area contributed by atoms with Crippen LogP contribution in [0.2, 0.25) is 0 Å². The molecule has 44 heavy (non-hydrogen) atoms. The van der Waals surface area contributed by atoms with Gasteiger partial charge in [-0.2, -0.15) is 0 Å². The minimum atomic E-state index is 0.0983. The van der Waals surface area contributed by atoms with Gasteiger partial charge in [-0.05, 0) is 173 Å².